The van der Waals surface area contributed by atoms with Crippen LogP contribution in [0.2, 0.25) is 0 Å². The van der Waals surface area contributed by atoms with Gasteiger partial charge in [0.05, 0.1) is 16.1 Å². The van der Waals surface area contributed by atoms with Gasteiger partial charge in [0.2, 0.25) is 0 Å². The minimum Gasteiger partial charge on any atom is -0.280 e. The Morgan fingerprint density at radius 2 is 1.63 bits per heavy atom. The second-order valence-corrected chi connectivity index (χ2v) is 9.49. The molecular formula is C25H24N2O2S. The Kier molecular flexibility index (Phi) is 5.31. The van der Waals surface area contributed by atoms with Crippen LogP contribution in [-0.2, 0) is 10.0 Å². The summed E-state index contributed by atoms with van der Waals surface area (Å²) in [5, 5.41) is 1.10. The first-order chi connectivity index (χ1) is 14.3. The quantitative estimate of drug-likeness (QED) is 0.425. The zero-order valence-corrected chi connectivity index (χ0v) is 18.1. The molecule has 0 aliphatic heterocycles. The molecule has 1 aromatic heterocycles. The molecule has 0 saturated carbocycles. The van der Waals surface area contributed by atoms with E-state index >= 15 is 0 Å². The zero-order chi connectivity index (χ0) is 21.3. The number of fused-ring (bicyclic) bond motifs is 1. The molecule has 152 valence electrons. The van der Waals surface area contributed by atoms with Gasteiger partial charge in [-0.05, 0) is 60.9 Å². The highest BCUT2D eigenvalue weighted by molar-refractivity contribution is 7.92. The molecule has 4 nitrogen and oxygen atoms in total. The highest BCUT2D eigenvalue weighted by atomic mass is 32.2. The third-order valence-corrected chi connectivity index (χ3v) is 6.52. The van der Waals surface area contributed by atoms with Crippen LogP contribution in [0.3, 0.4) is 0 Å². The molecule has 0 fully saturated rings. The average molecular weight is 417 g/mol. The normalized spacial score (nSPS) is 11.7. The first-order valence-corrected chi connectivity index (χ1v) is 11.4. The molecule has 0 amide bonds. The van der Waals surface area contributed by atoms with E-state index in [1.165, 1.54) is 5.56 Å². The standard InChI is InChI=1S/C25H24N2O2S/c1-17(2)19-9-13-25-21(15-19)10-14-24(26-25)20-5-4-6-22(16-20)27-30(28,29)23-11-7-18(3)8-12-23/h4-17,27H,1-3H3. The lowest BCUT2D eigenvalue weighted by molar-refractivity contribution is 0.601. The highest BCUT2D eigenvalue weighted by Gasteiger charge is 2.14. The predicted molar refractivity (Wildman–Crippen MR) is 123 cm³/mol. The maximum atomic E-state index is 12.7. The maximum absolute atomic E-state index is 12.7. The fourth-order valence-electron chi connectivity index (χ4n) is 3.34. The SMILES string of the molecule is Cc1ccc(S(=O)(=O)Nc2cccc(-c3ccc4cc(C(C)C)ccc4n3)c2)cc1. The van der Waals surface area contributed by atoms with E-state index in [1.807, 2.05) is 37.3 Å². The Balaban J connectivity index is 1.64. The Hall–Kier alpha value is -3.18. The third kappa shape index (κ3) is 4.21. The summed E-state index contributed by atoms with van der Waals surface area (Å²) < 4.78 is 28.1. The van der Waals surface area contributed by atoms with E-state index in [4.69, 9.17) is 4.98 Å². The van der Waals surface area contributed by atoms with Gasteiger partial charge in [0, 0.05) is 16.6 Å². The van der Waals surface area contributed by atoms with Crippen LogP contribution in [0.5, 0.6) is 0 Å². The Labute approximate surface area is 177 Å². The minimum absolute atomic E-state index is 0.239. The second-order valence-electron chi connectivity index (χ2n) is 7.80. The first-order valence-electron chi connectivity index (χ1n) is 9.92. The number of nitrogens with one attached hydrogen (secondary N) is 1. The van der Waals surface area contributed by atoms with Gasteiger partial charge >= 0.3 is 0 Å². The predicted octanol–water partition coefficient (Wildman–Crippen LogP) is 6.13. The van der Waals surface area contributed by atoms with Gasteiger partial charge in [-0.25, -0.2) is 13.4 Å². The van der Waals surface area contributed by atoms with Gasteiger partial charge in [0.1, 0.15) is 0 Å². The van der Waals surface area contributed by atoms with Crippen LogP contribution in [0.25, 0.3) is 22.2 Å². The van der Waals surface area contributed by atoms with E-state index in [-0.39, 0.29) is 4.90 Å². The molecule has 0 unspecified atom stereocenters. The number of anilines is 1. The lowest BCUT2D eigenvalue weighted by Crippen LogP contribution is -2.12. The van der Waals surface area contributed by atoms with E-state index in [2.05, 4.69) is 36.8 Å². The van der Waals surface area contributed by atoms with Crippen molar-refractivity contribution in [3.8, 4) is 11.3 Å². The van der Waals surface area contributed by atoms with E-state index in [0.29, 0.717) is 11.6 Å². The van der Waals surface area contributed by atoms with Gasteiger partial charge in [-0.2, -0.15) is 0 Å². The van der Waals surface area contributed by atoms with Crippen molar-refractivity contribution in [2.45, 2.75) is 31.6 Å². The van der Waals surface area contributed by atoms with Crippen molar-refractivity contribution in [2.24, 2.45) is 0 Å². The van der Waals surface area contributed by atoms with Crippen molar-refractivity contribution in [3.63, 3.8) is 0 Å². The van der Waals surface area contributed by atoms with E-state index < -0.39 is 10.0 Å². The lowest BCUT2D eigenvalue weighted by atomic mass is 10.0. The van der Waals surface area contributed by atoms with Gasteiger partial charge in [-0.1, -0.05) is 55.8 Å². The zero-order valence-electron chi connectivity index (χ0n) is 17.3. The molecule has 0 aliphatic carbocycles. The molecule has 0 aliphatic rings. The summed E-state index contributed by atoms with van der Waals surface area (Å²) in [6, 6.07) is 24.5. The summed E-state index contributed by atoms with van der Waals surface area (Å²) in [5.74, 6) is 0.465. The molecule has 30 heavy (non-hydrogen) atoms. The molecule has 4 rings (SSSR count). The third-order valence-electron chi connectivity index (χ3n) is 5.12. The molecule has 0 atom stereocenters. The molecule has 0 spiro atoms. The fourth-order valence-corrected chi connectivity index (χ4v) is 4.39. The largest absolute Gasteiger partial charge is 0.280 e. The number of aromatic nitrogens is 1. The maximum Gasteiger partial charge on any atom is 0.261 e. The van der Waals surface area contributed by atoms with E-state index in [0.717, 1.165) is 27.7 Å². The van der Waals surface area contributed by atoms with Crippen molar-refractivity contribution in [1.82, 2.24) is 4.98 Å². The van der Waals surface area contributed by atoms with Gasteiger partial charge in [-0.3, -0.25) is 4.72 Å². The molecule has 1 N–H and O–H groups in total. The summed E-state index contributed by atoms with van der Waals surface area (Å²) in [5.41, 5.74) is 5.38. The van der Waals surface area contributed by atoms with Crippen LogP contribution in [0, 0.1) is 6.92 Å². The summed E-state index contributed by atoms with van der Waals surface area (Å²) in [7, 11) is -3.65. The second kappa shape index (κ2) is 7.92. The smallest absolute Gasteiger partial charge is 0.261 e. The number of nitrogens with zero attached hydrogens (tertiary/aromatic N) is 1. The van der Waals surface area contributed by atoms with Crippen molar-refractivity contribution < 1.29 is 8.42 Å². The Morgan fingerprint density at radius 1 is 0.867 bits per heavy atom. The Morgan fingerprint density at radius 3 is 2.37 bits per heavy atom. The number of hydrogen-bond acceptors (Lipinski definition) is 3. The highest BCUT2D eigenvalue weighted by Crippen LogP contribution is 2.26. The van der Waals surface area contributed by atoms with Crippen LogP contribution in [0.4, 0.5) is 5.69 Å². The molecule has 1 heterocycles. The summed E-state index contributed by atoms with van der Waals surface area (Å²) >= 11 is 0. The molecule has 0 saturated heterocycles. The summed E-state index contributed by atoms with van der Waals surface area (Å²) in [6.07, 6.45) is 0. The number of sulfonamides is 1. The fraction of sp³-hybridized carbons (Fsp3) is 0.160. The van der Waals surface area contributed by atoms with Crippen LogP contribution < -0.4 is 4.72 Å². The minimum atomic E-state index is -3.65. The van der Waals surface area contributed by atoms with Crippen LogP contribution in [0.15, 0.2) is 83.8 Å². The first kappa shape index (κ1) is 20.1. The topological polar surface area (TPSA) is 59.1 Å². The monoisotopic (exact) mass is 416 g/mol. The van der Waals surface area contributed by atoms with Crippen molar-refractivity contribution in [1.29, 1.82) is 0 Å². The number of aryl methyl sites for hydroxylation is 1. The molecule has 0 bridgehead atoms. The van der Waals surface area contributed by atoms with Crippen molar-refractivity contribution in [2.75, 3.05) is 4.72 Å². The number of rotatable bonds is 5. The van der Waals surface area contributed by atoms with Crippen LogP contribution in [0.1, 0.15) is 30.9 Å². The van der Waals surface area contributed by atoms with Gasteiger partial charge in [0.15, 0.2) is 0 Å². The number of hydrogen-bond donors (Lipinski definition) is 1. The summed E-state index contributed by atoms with van der Waals surface area (Å²) in [4.78, 5) is 5.01. The number of benzene rings is 3. The van der Waals surface area contributed by atoms with E-state index in [1.54, 1.807) is 30.3 Å². The number of pyridine rings is 1. The molecule has 4 aromatic rings. The van der Waals surface area contributed by atoms with Crippen molar-refractivity contribution in [3.05, 3.63) is 90.0 Å². The molecular weight excluding hydrogens is 392 g/mol. The molecule has 0 radical (unpaired) electrons. The van der Waals surface area contributed by atoms with Gasteiger partial charge < -0.3 is 0 Å². The van der Waals surface area contributed by atoms with Crippen LogP contribution >= 0.6 is 0 Å². The van der Waals surface area contributed by atoms with Gasteiger partial charge in [-0.15, -0.1) is 0 Å². The average Bonchev–Trinajstić information content (AvgIpc) is 2.73. The van der Waals surface area contributed by atoms with Crippen LogP contribution in [-0.4, -0.2) is 13.4 Å². The molecule has 5 heteroatoms. The lowest BCUT2D eigenvalue weighted by Gasteiger charge is -2.11. The van der Waals surface area contributed by atoms with Gasteiger partial charge in [0.25, 0.3) is 10.0 Å². The summed E-state index contributed by atoms with van der Waals surface area (Å²) in [6.45, 7) is 6.27. The Bertz CT molecular complexity index is 1310. The molecule has 3 aromatic carbocycles. The van der Waals surface area contributed by atoms with Crippen molar-refractivity contribution >= 4 is 26.6 Å². The van der Waals surface area contributed by atoms with E-state index in [9.17, 15) is 8.42 Å².